The molecule has 30 heavy (non-hydrogen) atoms. The average Bonchev–Trinajstić information content (AvgIpc) is 2.69. The van der Waals surface area contributed by atoms with Crippen molar-refractivity contribution in [2.75, 3.05) is 47.1 Å². The van der Waals surface area contributed by atoms with Gasteiger partial charge in [-0.3, -0.25) is 14.4 Å². The lowest BCUT2D eigenvalue weighted by molar-refractivity contribution is -0.145. The van der Waals surface area contributed by atoms with Crippen LogP contribution in [0, 0.1) is 17.3 Å². The predicted octanol–water partition coefficient (Wildman–Crippen LogP) is 2.71. The second kappa shape index (κ2) is 14.7. The summed E-state index contributed by atoms with van der Waals surface area (Å²) in [7, 11) is 3.63. The van der Waals surface area contributed by atoms with Crippen LogP contribution in [0.25, 0.3) is 0 Å². The molecule has 0 fully saturated rings. The maximum absolute atomic E-state index is 13.1. The number of nitrogens with zero attached hydrogens (tertiary/aromatic N) is 1. The first-order chi connectivity index (χ1) is 13.9. The highest BCUT2D eigenvalue weighted by atomic mass is 16.5. The van der Waals surface area contributed by atoms with Gasteiger partial charge in [-0.1, -0.05) is 41.5 Å². The fraction of sp³-hybridized carbons (Fsp3) is 0.870. The van der Waals surface area contributed by atoms with Crippen molar-refractivity contribution in [3.8, 4) is 0 Å². The number of hydrogen-bond acceptors (Lipinski definition) is 6. The Morgan fingerprint density at radius 1 is 0.900 bits per heavy atom. The minimum Gasteiger partial charge on any atom is -0.379 e. The highest BCUT2D eigenvalue weighted by Crippen LogP contribution is 2.23. The van der Waals surface area contributed by atoms with Crippen molar-refractivity contribution < 1.29 is 23.9 Å². The van der Waals surface area contributed by atoms with E-state index in [-0.39, 0.29) is 48.6 Å². The topological polar surface area (TPSA) is 84.9 Å². The maximum atomic E-state index is 13.1. The quantitative estimate of drug-likeness (QED) is 0.359. The van der Waals surface area contributed by atoms with Crippen molar-refractivity contribution >= 4 is 17.5 Å². The molecule has 0 saturated carbocycles. The molecule has 0 aliphatic heterocycles. The minimum atomic E-state index is -0.517. The lowest BCUT2D eigenvalue weighted by atomic mass is 9.87. The van der Waals surface area contributed by atoms with Crippen molar-refractivity contribution in [1.29, 1.82) is 0 Å². The number of amides is 1. The summed E-state index contributed by atoms with van der Waals surface area (Å²) in [4.78, 5) is 38.3. The molecule has 0 aromatic heterocycles. The van der Waals surface area contributed by atoms with Gasteiger partial charge < -0.3 is 19.7 Å². The lowest BCUT2D eigenvalue weighted by Gasteiger charge is -2.34. The van der Waals surface area contributed by atoms with Crippen LogP contribution in [0.5, 0.6) is 0 Å². The summed E-state index contributed by atoms with van der Waals surface area (Å²) in [6, 6.07) is -0.283. The zero-order valence-electron chi connectivity index (χ0n) is 20.4. The van der Waals surface area contributed by atoms with Gasteiger partial charge in [-0.2, -0.15) is 0 Å². The highest BCUT2D eigenvalue weighted by Gasteiger charge is 2.33. The van der Waals surface area contributed by atoms with E-state index in [1.54, 1.807) is 11.9 Å². The fourth-order valence-corrected chi connectivity index (χ4v) is 2.82. The molecule has 0 bridgehead atoms. The number of hydrogen-bond donors (Lipinski definition) is 1. The number of likely N-dealkylation sites (N-methyl/N-ethyl adjacent to an activating group) is 1. The van der Waals surface area contributed by atoms with Gasteiger partial charge in [0, 0.05) is 37.1 Å². The third-order valence-electron chi connectivity index (χ3n) is 5.34. The van der Waals surface area contributed by atoms with E-state index in [4.69, 9.17) is 9.47 Å². The smallest absolute Gasteiger partial charge is 0.228 e. The van der Waals surface area contributed by atoms with Crippen molar-refractivity contribution in [2.45, 2.75) is 66.8 Å². The zero-order chi connectivity index (χ0) is 23.3. The molecule has 0 radical (unpaired) electrons. The van der Waals surface area contributed by atoms with Gasteiger partial charge in [0.15, 0.2) is 0 Å². The van der Waals surface area contributed by atoms with Crippen LogP contribution in [0.1, 0.15) is 60.8 Å². The van der Waals surface area contributed by atoms with Gasteiger partial charge in [0.1, 0.15) is 11.6 Å². The molecule has 7 nitrogen and oxygen atoms in total. The van der Waals surface area contributed by atoms with Crippen LogP contribution < -0.4 is 5.32 Å². The van der Waals surface area contributed by atoms with Crippen LogP contribution in [0.15, 0.2) is 0 Å². The Bertz CT molecular complexity index is 504. The molecule has 7 heteroatoms. The van der Waals surface area contributed by atoms with E-state index in [2.05, 4.69) is 5.32 Å². The van der Waals surface area contributed by atoms with Crippen LogP contribution in [0.2, 0.25) is 0 Å². The number of carbonyl (C=O) groups is 3. The second-order valence-electron chi connectivity index (χ2n) is 9.20. The monoisotopic (exact) mass is 428 g/mol. The molecule has 0 aliphatic rings. The summed E-state index contributed by atoms with van der Waals surface area (Å²) < 4.78 is 11.4. The summed E-state index contributed by atoms with van der Waals surface area (Å²) >= 11 is 0. The summed E-state index contributed by atoms with van der Waals surface area (Å²) in [5.74, 6) is 0.318. The Hall–Kier alpha value is -1.31. The molecule has 0 aromatic rings. The third kappa shape index (κ3) is 11.2. The minimum absolute atomic E-state index is 0.0107. The molecule has 0 atom stereocenters. The van der Waals surface area contributed by atoms with Gasteiger partial charge in [0.05, 0.1) is 32.5 Å². The molecule has 1 amide bonds. The third-order valence-corrected chi connectivity index (χ3v) is 5.34. The van der Waals surface area contributed by atoms with E-state index in [1.165, 1.54) is 0 Å². The number of rotatable bonds is 17. The predicted molar refractivity (Wildman–Crippen MR) is 119 cm³/mol. The Labute approximate surface area is 183 Å². The number of Topliss-reactive ketones (excluding diaryl/α,β-unsaturated/α-hetero) is 2. The first-order valence-corrected chi connectivity index (χ1v) is 11.1. The largest absolute Gasteiger partial charge is 0.379 e. The molecule has 0 rings (SSSR count). The van der Waals surface area contributed by atoms with E-state index in [1.807, 2.05) is 48.6 Å². The van der Waals surface area contributed by atoms with Crippen LogP contribution in [-0.4, -0.2) is 75.5 Å². The average molecular weight is 429 g/mol. The Balaban J connectivity index is 4.87. The van der Waals surface area contributed by atoms with Crippen molar-refractivity contribution in [3.63, 3.8) is 0 Å². The van der Waals surface area contributed by atoms with E-state index in [0.717, 1.165) is 6.54 Å². The molecule has 0 aliphatic carbocycles. The Morgan fingerprint density at radius 3 is 1.70 bits per heavy atom. The van der Waals surface area contributed by atoms with Crippen LogP contribution >= 0.6 is 0 Å². The van der Waals surface area contributed by atoms with Crippen LogP contribution in [-0.2, 0) is 23.9 Å². The summed E-state index contributed by atoms with van der Waals surface area (Å²) in [6.07, 6.45) is 1.44. The SMILES string of the molecule is CNCCC(C)(C)C(=O)N(C)C(COCCC(=O)C(C)C)COCCC(=O)C(C)C. The normalized spacial score (nSPS) is 12.1. The van der Waals surface area contributed by atoms with E-state index in [0.29, 0.717) is 32.5 Å². The molecule has 0 spiro atoms. The Morgan fingerprint density at radius 2 is 1.33 bits per heavy atom. The van der Waals surface area contributed by atoms with Gasteiger partial charge in [-0.05, 0) is 20.0 Å². The van der Waals surface area contributed by atoms with Gasteiger partial charge in [0.25, 0.3) is 0 Å². The lowest BCUT2D eigenvalue weighted by Crippen LogP contribution is -2.49. The molecule has 0 aromatic carbocycles. The molecule has 0 unspecified atom stereocenters. The van der Waals surface area contributed by atoms with Gasteiger partial charge in [0.2, 0.25) is 5.91 Å². The van der Waals surface area contributed by atoms with Gasteiger partial charge >= 0.3 is 0 Å². The first-order valence-electron chi connectivity index (χ1n) is 11.1. The first kappa shape index (κ1) is 28.7. The highest BCUT2D eigenvalue weighted by molar-refractivity contribution is 5.82. The molecule has 1 N–H and O–H groups in total. The standard InChI is InChI=1S/C23H44N2O5/c1-17(2)20(26)9-13-29-15-19(16-30-14-10-21(27)18(3)4)25(8)22(28)23(5,6)11-12-24-7/h17-19,24H,9-16H2,1-8H3. The van der Waals surface area contributed by atoms with E-state index in [9.17, 15) is 14.4 Å². The molecule has 0 saturated heterocycles. The van der Waals surface area contributed by atoms with E-state index >= 15 is 0 Å². The summed E-state index contributed by atoms with van der Waals surface area (Å²) in [6.45, 7) is 13.3. The summed E-state index contributed by atoms with van der Waals surface area (Å²) in [5.41, 5.74) is -0.517. The fourth-order valence-electron chi connectivity index (χ4n) is 2.82. The Kier molecular flexibility index (Phi) is 14.0. The zero-order valence-corrected chi connectivity index (χ0v) is 20.4. The van der Waals surface area contributed by atoms with Crippen molar-refractivity contribution in [3.05, 3.63) is 0 Å². The van der Waals surface area contributed by atoms with Crippen LogP contribution in [0.3, 0.4) is 0 Å². The molecular weight excluding hydrogens is 384 g/mol. The number of carbonyl (C=O) groups excluding carboxylic acids is 3. The molecule has 176 valence electrons. The van der Waals surface area contributed by atoms with E-state index < -0.39 is 5.41 Å². The van der Waals surface area contributed by atoms with Crippen molar-refractivity contribution in [2.24, 2.45) is 17.3 Å². The molecular formula is C23H44N2O5. The van der Waals surface area contributed by atoms with Gasteiger partial charge in [-0.15, -0.1) is 0 Å². The number of ketones is 2. The van der Waals surface area contributed by atoms with Crippen molar-refractivity contribution in [1.82, 2.24) is 10.2 Å². The second-order valence-corrected chi connectivity index (χ2v) is 9.20. The number of ether oxygens (including phenoxy) is 2. The maximum Gasteiger partial charge on any atom is 0.228 e. The van der Waals surface area contributed by atoms with Gasteiger partial charge in [-0.25, -0.2) is 0 Å². The van der Waals surface area contributed by atoms with Crippen LogP contribution in [0.4, 0.5) is 0 Å². The summed E-state index contributed by atoms with van der Waals surface area (Å²) in [5, 5.41) is 3.09. The molecule has 0 heterocycles. The number of nitrogens with one attached hydrogen (secondary N) is 1.